The molecule has 1 aliphatic rings. The largest absolute Gasteiger partial charge is 0.497 e. The van der Waals surface area contributed by atoms with Gasteiger partial charge in [0.15, 0.2) is 0 Å². The molecule has 0 bridgehead atoms. The summed E-state index contributed by atoms with van der Waals surface area (Å²) >= 11 is 0.678. The van der Waals surface area contributed by atoms with E-state index >= 15 is 0 Å². The molecule has 2 aromatic heterocycles. The predicted molar refractivity (Wildman–Crippen MR) is 141 cm³/mol. The number of amides is 2. The van der Waals surface area contributed by atoms with Crippen molar-refractivity contribution in [3.05, 3.63) is 76.3 Å². The van der Waals surface area contributed by atoms with Gasteiger partial charge in [0.25, 0.3) is 11.8 Å². The van der Waals surface area contributed by atoms with Crippen LogP contribution in [0.15, 0.2) is 59.8 Å². The SMILES string of the molecule is COc1ccc(C2=NOC(C(=O)Nc3c(C(N)=O)sc4nc(C(F)(F)F)cc(-c5ccc(C)cc5)c34)C2)cc1. The van der Waals surface area contributed by atoms with Crippen molar-refractivity contribution in [3.8, 4) is 16.9 Å². The van der Waals surface area contributed by atoms with Gasteiger partial charge in [-0.25, -0.2) is 4.98 Å². The van der Waals surface area contributed by atoms with E-state index in [1.165, 1.54) is 0 Å². The van der Waals surface area contributed by atoms with Crippen molar-refractivity contribution in [1.29, 1.82) is 0 Å². The van der Waals surface area contributed by atoms with E-state index in [1.54, 1.807) is 55.6 Å². The van der Waals surface area contributed by atoms with E-state index in [1.807, 2.05) is 6.92 Å². The molecule has 0 saturated heterocycles. The Balaban J connectivity index is 1.53. The summed E-state index contributed by atoms with van der Waals surface area (Å²) in [4.78, 5) is 34.5. The lowest BCUT2D eigenvalue weighted by atomic mass is 9.99. The zero-order valence-corrected chi connectivity index (χ0v) is 21.4. The number of primary amides is 1. The zero-order valence-electron chi connectivity index (χ0n) is 20.6. The monoisotopic (exact) mass is 554 g/mol. The number of alkyl halides is 3. The fourth-order valence-electron chi connectivity index (χ4n) is 4.17. The fraction of sp³-hybridized carbons (Fsp3) is 0.185. The Morgan fingerprint density at radius 2 is 1.77 bits per heavy atom. The highest BCUT2D eigenvalue weighted by Crippen LogP contribution is 2.44. The maximum Gasteiger partial charge on any atom is 0.433 e. The molecule has 1 aliphatic heterocycles. The minimum atomic E-state index is -4.74. The van der Waals surface area contributed by atoms with Gasteiger partial charge in [-0.2, -0.15) is 13.2 Å². The van der Waals surface area contributed by atoms with Gasteiger partial charge in [0.1, 0.15) is 21.2 Å². The minimum absolute atomic E-state index is 0.0224. The van der Waals surface area contributed by atoms with Gasteiger partial charge in [-0.15, -0.1) is 11.3 Å². The second-order valence-electron chi connectivity index (χ2n) is 8.82. The normalized spacial score (nSPS) is 15.1. The topological polar surface area (TPSA) is 116 Å². The number of nitrogens with one attached hydrogen (secondary N) is 1. The van der Waals surface area contributed by atoms with Crippen molar-refractivity contribution in [2.24, 2.45) is 10.9 Å². The van der Waals surface area contributed by atoms with E-state index in [9.17, 15) is 22.8 Å². The van der Waals surface area contributed by atoms with Crippen LogP contribution >= 0.6 is 11.3 Å². The number of hydrogen-bond donors (Lipinski definition) is 2. The first-order chi connectivity index (χ1) is 18.5. The van der Waals surface area contributed by atoms with Crippen LogP contribution < -0.4 is 15.8 Å². The zero-order chi connectivity index (χ0) is 27.9. The van der Waals surface area contributed by atoms with Crippen LogP contribution in [0.1, 0.15) is 32.9 Å². The Morgan fingerprint density at radius 1 is 1.10 bits per heavy atom. The number of thiophene rings is 1. The van der Waals surface area contributed by atoms with Crippen LogP contribution in [0.4, 0.5) is 18.9 Å². The van der Waals surface area contributed by atoms with Crippen molar-refractivity contribution in [1.82, 2.24) is 4.98 Å². The Hall–Kier alpha value is -4.45. The van der Waals surface area contributed by atoms with E-state index in [4.69, 9.17) is 15.3 Å². The first kappa shape index (κ1) is 26.2. The molecule has 1 atom stereocenters. The van der Waals surface area contributed by atoms with Gasteiger partial charge in [0.05, 0.1) is 18.5 Å². The molecule has 12 heteroatoms. The van der Waals surface area contributed by atoms with Gasteiger partial charge in [-0.1, -0.05) is 35.0 Å². The highest BCUT2D eigenvalue weighted by molar-refractivity contribution is 7.21. The van der Waals surface area contributed by atoms with Gasteiger partial charge in [-0.05, 0) is 53.9 Å². The van der Waals surface area contributed by atoms with E-state index in [0.717, 1.165) is 17.2 Å². The minimum Gasteiger partial charge on any atom is -0.497 e. The molecule has 0 aliphatic carbocycles. The van der Waals surface area contributed by atoms with Crippen LogP contribution in [0.3, 0.4) is 0 Å². The van der Waals surface area contributed by atoms with Crippen molar-refractivity contribution in [2.45, 2.75) is 25.6 Å². The standard InChI is InChI=1S/C27H21F3N4O4S/c1-13-3-5-14(6-4-13)17-11-20(27(28,29)30)32-26-21(17)22(23(39-26)24(31)35)33-25(36)19-12-18(34-38-19)15-7-9-16(37-2)10-8-15/h3-11,19H,12H2,1-2H3,(H2,31,35)(H,33,36). The fourth-order valence-corrected chi connectivity index (χ4v) is 5.18. The molecule has 3 N–H and O–H groups in total. The third-order valence-electron chi connectivity index (χ3n) is 6.17. The van der Waals surface area contributed by atoms with Gasteiger partial charge in [0, 0.05) is 11.8 Å². The lowest BCUT2D eigenvalue weighted by Gasteiger charge is -2.14. The number of carbonyl (C=O) groups is 2. The maximum absolute atomic E-state index is 13.7. The Bertz CT molecular complexity index is 1610. The molecule has 0 spiro atoms. The first-order valence-corrected chi connectivity index (χ1v) is 12.5. The first-order valence-electron chi connectivity index (χ1n) is 11.6. The lowest BCUT2D eigenvalue weighted by molar-refractivity contribution is -0.140. The molecular weight excluding hydrogens is 533 g/mol. The number of halogens is 3. The number of nitrogens with two attached hydrogens (primary N) is 1. The van der Waals surface area contributed by atoms with E-state index < -0.39 is 29.8 Å². The van der Waals surface area contributed by atoms with Gasteiger partial charge in [0.2, 0.25) is 6.10 Å². The third-order valence-corrected chi connectivity index (χ3v) is 7.27. The number of nitrogens with zero attached hydrogens (tertiary/aromatic N) is 2. The Morgan fingerprint density at radius 3 is 2.38 bits per heavy atom. The predicted octanol–water partition coefficient (Wildman–Crippen LogP) is 5.53. The summed E-state index contributed by atoms with van der Waals surface area (Å²) in [5, 5.41) is 6.85. The van der Waals surface area contributed by atoms with E-state index in [-0.39, 0.29) is 32.8 Å². The summed E-state index contributed by atoms with van der Waals surface area (Å²) in [6.07, 6.45) is -5.64. The number of ether oxygens (including phenoxy) is 1. The number of hydrogen-bond acceptors (Lipinski definition) is 7. The lowest BCUT2D eigenvalue weighted by Crippen LogP contribution is -2.29. The van der Waals surface area contributed by atoms with E-state index in [0.29, 0.717) is 28.4 Å². The second-order valence-corrected chi connectivity index (χ2v) is 9.82. The van der Waals surface area contributed by atoms with Crippen LogP contribution in [-0.2, 0) is 15.8 Å². The molecule has 5 rings (SSSR count). The maximum atomic E-state index is 13.7. The Labute approximate surface area is 224 Å². The summed E-state index contributed by atoms with van der Waals surface area (Å²) in [5.41, 5.74) is 7.18. The molecule has 3 heterocycles. The second kappa shape index (κ2) is 10.0. The molecule has 1 unspecified atom stereocenters. The molecule has 2 amide bonds. The van der Waals surface area contributed by atoms with Crippen molar-refractivity contribution in [3.63, 3.8) is 0 Å². The quantitative estimate of drug-likeness (QED) is 0.325. The average Bonchev–Trinajstić information content (AvgIpc) is 3.54. The van der Waals surface area contributed by atoms with Crippen molar-refractivity contribution < 1.29 is 32.3 Å². The number of oxime groups is 1. The van der Waals surface area contributed by atoms with Crippen LogP contribution in [0.2, 0.25) is 0 Å². The molecular formula is C27H21F3N4O4S. The van der Waals surface area contributed by atoms with Crippen LogP contribution in [0, 0.1) is 6.92 Å². The molecule has 4 aromatic rings. The number of benzene rings is 2. The molecule has 2 aromatic carbocycles. The third kappa shape index (κ3) is 5.15. The van der Waals surface area contributed by atoms with Crippen LogP contribution in [0.25, 0.3) is 21.3 Å². The van der Waals surface area contributed by atoms with Gasteiger partial charge in [-0.3, -0.25) is 9.59 Å². The number of anilines is 1. The summed E-state index contributed by atoms with van der Waals surface area (Å²) in [5.74, 6) is -0.902. The molecule has 8 nitrogen and oxygen atoms in total. The average molecular weight is 555 g/mol. The number of methoxy groups -OCH3 is 1. The van der Waals surface area contributed by atoms with Crippen molar-refractivity contribution in [2.75, 3.05) is 12.4 Å². The number of rotatable bonds is 6. The number of fused-ring (bicyclic) bond motifs is 1. The van der Waals surface area contributed by atoms with E-state index in [2.05, 4.69) is 15.5 Å². The summed E-state index contributed by atoms with van der Waals surface area (Å²) in [7, 11) is 1.55. The van der Waals surface area contributed by atoms with Gasteiger partial charge < -0.3 is 20.6 Å². The molecule has 0 fully saturated rings. The number of aryl methyl sites for hydroxylation is 1. The highest BCUT2D eigenvalue weighted by atomic mass is 32.1. The summed E-state index contributed by atoms with van der Waals surface area (Å²) in [6, 6.07) is 14.8. The molecule has 0 saturated carbocycles. The van der Waals surface area contributed by atoms with Crippen LogP contribution in [0.5, 0.6) is 5.75 Å². The number of carbonyl (C=O) groups excluding carboxylic acids is 2. The summed E-state index contributed by atoms with van der Waals surface area (Å²) < 4.78 is 46.3. The number of aromatic nitrogens is 1. The summed E-state index contributed by atoms with van der Waals surface area (Å²) in [6.45, 7) is 1.85. The molecule has 0 radical (unpaired) electrons. The van der Waals surface area contributed by atoms with Gasteiger partial charge >= 0.3 is 6.18 Å². The van der Waals surface area contributed by atoms with Crippen molar-refractivity contribution >= 4 is 44.8 Å². The molecule has 39 heavy (non-hydrogen) atoms. The molecule has 200 valence electrons. The van der Waals surface area contributed by atoms with Crippen LogP contribution in [-0.4, -0.2) is 35.7 Å². The smallest absolute Gasteiger partial charge is 0.433 e. The Kier molecular flexibility index (Phi) is 6.73. The number of pyridine rings is 1. The highest BCUT2D eigenvalue weighted by Gasteiger charge is 2.36.